The molecule has 0 radical (unpaired) electrons. The molecule has 5 rings (SSSR count). The average molecular weight is 380 g/mol. The fourth-order valence-electron chi connectivity index (χ4n) is 3.93. The van der Waals surface area contributed by atoms with Gasteiger partial charge in [-0.15, -0.1) is 0 Å². The van der Waals surface area contributed by atoms with E-state index in [0.717, 1.165) is 52.0 Å². The van der Waals surface area contributed by atoms with Crippen molar-refractivity contribution in [3.05, 3.63) is 83.6 Å². The number of hydrogen-bond acceptors (Lipinski definition) is 4. The predicted octanol–water partition coefficient (Wildman–Crippen LogP) is 4.57. The lowest BCUT2D eigenvalue weighted by Crippen LogP contribution is -2.01. The van der Waals surface area contributed by atoms with Crippen LogP contribution in [0.25, 0.3) is 28.2 Å². The molecule has 0 N–H and O–H groups in total. The van der Waals surface area contributed by atoms with Crippen LogP contribution in [0.3, 0.4) is 0 Å². The largest absolute Gasteiger partial charge is 0.294 e. The van der Waals surface area contributed by atoms with E-state index >= 15 is 0 Å². The minimum atomic E-state index is 0.172. The van der Waals surface area contributed by atoms with Gasteiger partial charge in [-0.3, -0.25) is 14.8 Å². The molecule has 0 bridgehead atoms. The summed E-state index contributed by atoms with van der Waals surface area (Å²) >= 11 is 0. The molecule has 1 aromatic carbocycles. The number of benzene rings is 1. The van der Waals surface area contributed by atoms with Gasteiger partial charge in [0.1, 0.15) is 0 Å². The van der Waals surface area contributed by atoms with Crippen LogP contribution >= 0.6 is 0 Å². The van der Waals surface area contributed by atoms with Crippen LogP contribution in [0.4, 0.5) is 0 Å². The Bertz CT molecular complexity index is 1250. The molecule has 1 aliphatic rings. The minimum absolute atomic E-state index is 0.172. The van der Waals surface area contributed by atoms with E-state index in [0.29, 0.717) is 6.42 Å². The van der Waals surface area contributed by atoms with Crippen LogP contribution in [-0.2, 0) is 11.2 Å². The van der Waals surface area contributed by atoms with Crippen LogP contribution < -0.4 is 0 Å². The molecule has 5 heteroatoms. The standard InChI is InChI=1S/C24H20N4O/c1-16-11-20(8-10-25-16)28-23-13-17-5-4-7-24(29)22(14-19-6-2-3-9-26-19)21(17)12-18(23)15-27-28/h2-3,6,8-15H,4-5,7H2,1H3/b22-14-. The summed E-state index contributed by atoms with van der Waals surface area (Å²) in [7, 11) is 0. The van der Waals surface area contributed by atoms with Crippen molar-refractivity contribution in [3.63, 3.8) is 0 Å². The van der Waals surface area contributed by atoms with Gasteiger partial charge in [0.2, 0.25) is 0 Å². The number of Topliss-reactive ketones (excluding diaryl/α,β-unsaturated/α-hetero) is 1. The molecular weight excluding hydrogens is 360 g/mol. The number of pyridine rings is 2. The van der Waals surface area contributed by atoms with Crippen LogP contribution in [-0.4, -0.2) is 25.5 Å². The zero-order valence-electron chi connectivity index (χ0n) is 16.2. The number of allylic oxidation sites excluding steroid dienone is 1. The summed E-state index contributed by atoms with van der Waals surface area (Å²) in [5, 5.41) is 5.62. The number of hydrogen-bond donors (Lipinski definition) is 0. The molecule has 0 saturated heterocycles. The smallest absolute Gasteiger partial charge is 0.163 e. The molecule has 0 aliphatic heterocycles. The fourth-order valence-corrected chi connectivity index (χ4v) is 3.93. The van der Waals surface area contributed by atoms with Gasteiger partial charge in [-0.1, -0.05) is 6.07 Å². The van der Waals surface area contributed by atoms with E-state index in [1.165, 1.54) is 5.56 Å². The maximum absolute atomic E-state index is 12.9. The average Bonchev–Trinajstić information content (AvgIpc) is 3.08. The van der Waals surface area contributed by atoms with Crippen molar-refractivity contribution in [1.82, 2.24) is 19.7 Å². The number of aryl methyl sites for hydroxylation is 2. The number of rotatable bonds is 2. The summed E-state index contributed by atoms with van der Waals surface area (Å²) in [6.45, 7) is 1.97. The zero-order chi connectivity index (χ0) is 19.8. The summed E-state index contributed by atoms with van der Waals surface area (Å²) in [4.78, 5) is 21.5. The Labute approximate surface area is 168 Å². The minimum Gasteiger partial charge on any atom is -0.294 e. The van der Waals surface area contributed by atoms with Gasteiger partial charge in [-0.2, -0.15) is 5.10 Å². The van der Waals surface area contributed by atoms with E-state index in [-0.39, 0.29) is 5.78 Å². The Hall–Kier alpha value is -3.60. The summed E-state index contributed by atoms with van der Waals surface area (Å²) in [5.74, 6) is 0.172. The second-order valence-corrected chi connectivity index (χ2v) is 7.37. The summed E-state index contributed by atoms with van der Waals surface area (Å²) in [6.07, 6.45) is 9.59. The molecule has 0 spiro atoms. The van der Waals surface area contributed by atoms with E-state index in [1.807, 2.05) is 54.2 Å². The van der Waals surface area contributed by atoms with Crippen molar-refractivity contribution >= 4 is 28.3 Å². The fraction of sp³-hybridized carbons (Fsp3) is 0.167. The van der Waals surface area contributed by atoms with Crippen molar-refractivity contribution in [2.75, 3.05) is 0 Å². The SMILES string of the molecule is Cc1cc(-n2ncc3cc4c(cc32)CCCC(=O)/C4=C\c2ccccn2)ccn1. The van der Waals surface area contributed by atoms with E-state index in [2.05, 4.69) is 27.2 Å². The molecule has 0 atom stereocenters. The maximum Gasteiger partial charge on any atom is 0.163 e. The van der Waals surface area contributed by atoms with Crippen LogP contribution in [0.5, 0.6) is 0 Å². The Morgan fingerprint density at radius 3 is 2.79 bits per heavy atom. The van der Waals surface area contributed by atoms with E-state index in [9.17, 15) is 4.79 Å². The van der Waals surface area contributed by atoms with Gasteiger partial charge in [0.15, 0.2) is 5.78 Å². The van der Waals surface area contributed by atoms with Crippen molar-refractivity contribution < 1.29 is 4.79 Å². The number of carbonyl (C=O) groups is 1. The second kappa shape index (κ2) is 7.09. The lowest BCUT2D eigenvalue weighted by Gasteiger charge is -2.11. The monoisotopic (exact) mass is 380 g/mol. The van der Waals surface area contributed by atoms with Gasteiger partial charge in [-0.25, -0.2) is 4.68 Å². The first-order valence-corrected chi connectivity index (χ1v) is 9.79. The molecule has 142 valence electrons. The molecule has 29 heavy (non-hydrogen) atoms. The van der Waals surface area contributed by atoms with Crippen LogP contribution in [0.2, 0.25) is 0 Å². The van der Waals surface area contributed by atoms with Crippen molar-refractivity contribution in [2.24, 2.45) is 0 Å². The Morgan fingerprint density at radius 1 is 1.03 bits per heavy atom. The molecule has 3 aromatic heterocycles. The topological polar surface area (TPSA) is 60.7 Å². The van der Waals surface area contributed by atoms with E-state index in [4.69, 9.17) is 0 Å². The van der Waals surface area contributed by atoms with Crippen molar-refractivity contribution in [1.29, 1.82) is 0 Å². The van der Waals surface area contributed by atoms with Gasteiger partial charge in [0.05, 0.1) is 23.1 Å². The van der Waals surface area contributed by atoms with Gasteiger partial charge < -0.3 is 0 Å². The summed E-state index contributed by atoms with van der Waals surface area (Å²) in [5.41, 5.74) is 6.70. The highest BCUT2D eigenvalue weighted by Gasteiger charge is 2.21. The Kier molecular flexibility index (Phi) is 4.28. The number of carbonyl (C=O) groups excluding carboxylic acids is 1. The molecule has 0 saturated carbocycles. The van der Waals surface area contributed by atoms with Crippen LogP contribution in [0.1, 0.15) is 35.4 Å². The quantitative estimate of drug-likeness (QED) is 0.377. The van der Waals surface area contributed by atoms with Gasteiger partial charge in [0, 0.05) is 35.5 Å². The highest BCUT2D eigenvalue weighted by atomic mass is 16.1. The number of aromatic nitrogens is 4. The molecule has 0 amide bonds. The molecule has 5 nitrogen and oxygen atoms in total. The Morgan fingerprint density at radius 2 is 1.97 bits per heavy atom. The lowest BCUT2D eigenvalue weighted by atomic mass is 9.95. The second-order valence-electron chi connectivity index (χ2n) is 7.37. The van der Waals surface area contributed by atoms with E-state index < -0.39 is 0 Å². The molecule has 1 aliphatic carbocycles. The highest BCUT2D eigenvalue weighted by Crippen LogP contribution is 2.33. The highest BCUT2D eigenvalue weighted by molar-refractivity contribution is 6.26. The third-order valence-electron chi connectivity index (χ3n) is 5.34. The van der Waals surface area contributed by atoms with Crippen LogP contribution in [0, 0.1) is 6.92 Å². The zero-order valence-corrected chi connectivity index (χ0v) is 16.2. The number of ketones is 1. The number of nitrogens with zero attached hydrogens (tertiary/aromatic N) is 4. The van der Waals surface area contributed by atoms with Crippen molar-refractivity contribution in [2.45, 2.75) is 26.2 Å². The molecule has 4 aromatic rings. The van der Waals surface area contributed by atoms with Crippen molar-refractivity contribution in [3.8, 4) is 5.69 Å². The third-order valence-corrected chi connectivity index (χ3v) is 5.34. The predicted molar refractivity (Wildman–Crippen MR) is 114 cm³/mol. The molecule has 0 fully saturated rings. The Balaban J connectivity index is 1.69. The lowest BCUT2D eigenvalue weighted by molar-refractivity contribution is -0.113. The van der Waals surface area contributed by atoms with Crippen LogP contribution in [0.15, 0.2) is 61.1 Å². The first-order valence-electron chi connectivity index (χ1n) is 9.79. The summed E-state index contributed by atoms with van der Waals surface area (Å²) < 4.78 is 1.94. The van der Waals surface area contributed by atoms with Gasteiger partial charge >= 0.3 is 0 Å². The van der Waals surface area contributed by atoms with Gasteiger partial charge in [0.25, 0.3) is 0 Å². The first kappa shape index (κ1) is 17.5. The first-order chi connectivity index (χ1) is 14.2. The third kappa shape index (κ3) is 3.25. The molecular formula is C24H20N4O. The summed E-state index contributed by atoms with van der Waals surface area (Å²) in [6, 6.07) is 14.0. The van der Waals surface area contributed by atoms with E-state index in [1.54, 1.807) is 12.4 Å². The number of fused-ring (bicyclic) bond motifs is 2. The normalized spacial score (nSPS) is 15.5. The maximum atomic E-state index is 12.9. The molecule has 0 unspecified atom stereocenters. The van der Waals surface area contributed by atoms with Gasteiger partial charge in [-0.05, 0) is 73.4 Å². The molecule has 3 heterocycles.